The number of halogens is 3. The lowest BCUT2D eigenvalue weighted by atomic mass is 10.1. The third-order valence-electron chi connectivity index (χ3n) is 4.16. The van der Waals surface area contributed by atoms with Crippen LogP contribution in [0.5, 0.6) is 0 Å². The van der Waals surface area contributed by atoms with Crippen LogP contribution in [0.1, 0.15) is 35.7 Å². The molecule has 4 rings (SSSR count). The summed E-state index contributed by atoms with van der Waals surface area (Å²) in [5.74, 6) is 1.06. The van der Waals surface area contributed by atoms with Crippen molar-refractivity contribution < 1.29 is 22.5 Å². The Kier molecular flexibility index (Phi) is 4.47. The van der Waals surface area contributed by atoms with Crippen LogP contribution in [-0.4, -0.2) is 16.0 Å². The lowest BCUT2D eigenvalue weighted by Crippen LogP contribution is -2.14. The van der Waals surface area contributed by atoms with Crippen LogP contribution in [0.4, 0.5) is 18.9 Å². The lowest BCUT2D eigenvalue weighted by molar-refractivity contribution is -0.137. The first-order chi connectivity index (χ1) is 12.9. The van der Waals surface area contributed by atoms with Gasteiger partial charge in [-0.05, 0) is 42.0 Å². The molecule has 3 aromatic rings. The second-order valence-electron chi connectivity index (χ2n) is 6.32. The van der Waals surface area contributed by atoms with Crippen LogP contribution in [0.25, 0.3) is 10.8 Å². The van der Waals surface area contributed by atoms with Gasteiger partial charge in [-0.2, -0.15) is 18.2 Å². The van der Waals surface area contributed by atoms with E-state index >= 15 is 0 Å². The number of carbonyl (C=O) groups is 1. The van der Waals surface area contributed by atoms with Gasteiger partial charge in [-0.3, -0.25) is 4.79 Å². The smallest absolute Gasteiger partial charge is 0.333 e. The molecule has 0 aliphatic heterocycles. The van der Waals surface area contributed by atoms with Crippen molar-refractivity contribution in [3.63, 3.8) is 0 Å². The zero-order chi connectivity index (χ0) is 19.0. The highest BCUT2D eigenvalue weighted by Crippen LogP contribution is 2.40. The maximum Gasteiger partial charge on any atom is 0.416 e. The summed E-state index contributed by atoms with van der Waals surface area (Å²) < 4.78 is 43.1. The van der Waals surface area contributed by atoms with Gasteiger partial charge in [0.05, 0.1) is 17.7 Å². The van der Waals surface area contributed by atoms with E-state index in [1.54, 1.807) is 11.4 Å². The second-order valence-corrected chi connectivity index (χ2v) is 7.23. The summed E-state index contributed by atoms with van der Waals surface area (Å²) in [6, 6.07) is 6.27. The van der Waals surface area contributed by atoms with Crippen molar-refractivity contribution in [3.05, 3.63) is 52.7 Å². The molecule has 27 heavy (non-hydrogen) atoms. The molecule has 1 aliphatic rings. The van der Waals surface area contributed by atoms with Crippen molar-refractivity contribution in [3.8, 4) is 10.8 Å². The first kappa shape index (κ1) is 17.7. The summed E-state index contributed by atoms with van der Waals surface area (Å²) in [5, 5.41) is 8.52. The molecule has 140 valence electrons. The topological polar surface area (TPSA) is 68.0 Å². The van der Waals surface area contributed by atoms with Crippen LogP contribution in [0.3, 0.4) is 0 Å². The fraction of sp³-hybridized carbons (Fsp3) is 0.278. The summed E-state index contributed by atoms with van der Waals surface area (Å²) in [4.78, 5) is 17.3. The molecule has 1 N–H and O–H groups in total. The summed E-state index contributed by atoms with van der Waals surface area (Å²) >= 11 is 1.37. The molecule has 5 nitrogen and oxygen atoms in total. The zero-order valence-corrected chi connectivity index (χ0v) is 14.7. The third-order valence-corrected chi connectivity index (χ3v) is 5.07. The Balaban J connectivity index is 1.43. The maximum atomic E-state index is 12.6. The quantitative estimate of drug-likeness (QED) is 0.671. The van der Waals surface area contributed by atoms with Gasteiger partial charge in [0.1, 0.15) is 4.88 Å². The number of hydrogen-bond donors (Lipinski definition) is 1. The molecule has 1 saturated carbocycles. The summed E-state index contributed by atoms with van der Waals surface area (Å²) in [5.41, 5.74) is 0.295. The number of nitrogens with one attached hydrogen (secondary N) is 1. The van der Waals surface area contributed by atoms with E-state index in [1.165, 1.54) is 23.5 Å². The molecule has 1 amide bonds. The van der Waals surface area contributed by atoms with Crippen LogP contribution < -0.4 is 5.32 Å². The van der Waals surface area contributed by atoms with Crippen molar-refractivity contribution in [2.75, 3.05) is 5.32 Å². The molecule has 0 atom stereocenters. The van der Waals surface area contributed by atoms with Gasteiger partial charge >= 0.3 is 6.18 Å². The number of anilines is 1. The lowest BCUT2D eigenvalue weighted by Gasteiger charge is -2.08. The van der Waals surface area contributed by atoms with Crippen LogP contribution in [0.2, 0.25) is 0 Å². The molecule has 1 fully saturated rings. The zero-order valence-electron chi connectivity index (χ0n) is 13.9. The average molecular weight is 393 g/mol. The highest BCUT2D eigenvalue weighted by molar-refractivity contribution is 7.14. The molecule has 0 spiro atoms. The van der Waals surface area contributed by atoms with Crippen LogP contribution >= 0.6 is 11.3 Å². The van der Waals surface area contributed by atoms with Gasteiger partial charge in [0.25, 0.3) is 5.89 Å². The van der Waals surface area contributed by atoms with Crippen LogP contribution in [0, 0.1) is 0 Å². The summed E-state index contributed by atoms with van der Waals surface area (Å²) in [7, 11) is 0. The standard InChI is InChI=1S/C18H14F3N3O2S/c19-18(20,21)12-5-1-10(2-6-12)9-14(25)22-13-7-8-27-15(13)17-23-16(24-26-17)11-3-4-11/h1-2,5-8,11H,3-4,9H2,(H,22,25). The Morgan fingerprint density at radius 3 is 2.63 bits per heavy atom. The third kappa shape index (κ3) is 4.02. The predicted molar refractivity (Wildman–Crippen MR) is 93.4 cm³/mol. The normalized spacial score (nSPS) is 14.3. The maximum absolute atomic E-state index is 12.6. The van der Waals surface area contributed by atoms with E-state index in [0.29, 0.717) is 33.8 Å². The molecule has 2 aromatic heterocycles. The summed E-state index contributed by atoms with van der Waals surface area (Å²) in [6.07, 6.45) is -2.32. The molecule has 0 saturated heterocycles. The van der Waals surface area contributed by atoms with E-state index in [4.69, 9.17) is 4.52 Å². The van der Waals surface area contributed by atoms with Crippen molar-refractivity contribution in [1.29, 1.82) is 0 Å². The number of benzene rings is 1. The van der Waals surface area contributed by atoms with Gasteiger partial charge in [0.15, 0.2) is 5.82 Å². The van der Waals surface area contributed by atoms with Crippen molar-refractivity contribution in [2.24, 2.45) is 0 Å². The molecule has 1 aromatic carbocycles. The van der Waals surface area contributed by atoms with E-state index in [2.05, 4.69) is 15.5 Å². The van der Waals surface area contributed by atoms with Gasteiger partial charge in [0.2, 0.25) is 5.91 Å². The SMILES string of the molecule is O=C(Cc1ccc(C(F)(F)F)cc1)Nc1ccsc1-c1nc(C2CC2)no1. The van der Waals surface area contributed by atoms with Gasteiger partial charge in [-0.15, -0.1) is 11.3 Å². The second kappa shape index (κ2) is 6.80. The molecule has 0 bridgehead atoms. The van der Waals surface area contributed by atoms with E-state index in [1.807, 2.05) is 0 Å². The van der Waals surface area contributed by atoms with Crippen molar-refractivity contribution >= 4 is 22.9 Å². The first-order valence-electron chi connectivity index (χ1n) is 8.27. The van der Waals surface area contributed by atoms with Crippen LogP contribution in [0.15, 0.2) is 40.2 Å². The molecule has 2 heterocycles. The van der Waals surface area contributed by atoms with E-state index in [0.717, 1.165) is 25.0 Å². The van der Waals surface area contributed by atoms with Gasteiger partial charge in [-0.1, -0.05) is 17.3 Å². The molecule has 0 unspecified atom stereocenters. The minimum absolute atomic E-state index is 0.0371. The fourth-order valence-electron chi connectivity index (χ4n) is 2.60. The number of hydrogen-bond acceptors (Lipinski definition) is 5. The number of nitrogens with zero attached hydrogens (tertiary/aromatic N) is 2. The molecular formula is C18H14F3N3O2S. The number of amides is 1. The van der Waals surface area contributed by atoms with Crippen LogP contribution in [-0.2, 0) is 17.4 Å². The summed E-state index contributed by atoms with van der Waals surface area (Å²) in [6.45, 7) is 0. The van der Waals surface area contributed by atoms with Gasteiger partial charge in [0, 0.05) is 5.92 Å². The number of rotatable bonds is 5. The Bertz CT molecular complexity index is 959. The molecule has 0 radical (unpaired) electrons. The van der Waals surface area contributed by atoms with Crippen molar-refractivity contribution in [2.45, 2.75) is 31.4 Å². The Hall–Kier alpha value is -2.68. The fourth-order valence-corrected chi connectivity index (χ4v) is 3.37. The number of carbonyl (C=O) groups excluding carboxylic acids is 1. The average Bonchev–Trinajstić information content (AvgIpc) is 3.17. The van der Waals surface area contributed by atoms with E-state index < -0.39 is 11.7 Å². The molecule has 9 heteroatoms. The minimum atomic E-state index is -4.39. The largest absolute Gasteiger partial charge is 0.416 e. The monoisotopic (exact) mass is 393 g/mol. The Morgan fingerprint density at radius 2 is 1.96 bits per heavy atom. The predicted octanol–water partition coefficient (Wildman–Crippen LogP) is 4.88. The highest BCUT2D eigenvalue weighted by atomic mass is 32.1. The van der Waals surface area contributed by atoms with Gasteiger partial charge < -0.3 is 9.84 Å². The van der Waals surface area contributed by atoms with Crippen molar-refractivity contribution in [1.82, 2.24) is 10.1 Å². The molecule has 1 aliphatic carbocycles. The van der Waals surface area contributed by atoms with E-state index in [-0.39, 0.29) is 12.3 Å². The Labute approximate surface area is 156 Å². The Morgan fingerprint density at radius 1 is 1.22 bits per heavy atom. The number of alkyl halides is 3. The number of thiophene rings is 1. The number of aromatic nitrogens is 2. The highest BCUT2D eigenvalue weighted by Gasteiger charge is 2.30. The minimum Gasteiger partial charge on any atom is -0.333 e. The first-order valence-corrected chi connectivity index (χ1v) is 9.15. The van der Waals surface area contributed by atoms with E-state index in [9.17, 15) is 18.0 Å². The molecular weight excluding hydrogens is 379 g/mol. The van der Waals surface area contributed by atoms with Gasteiger partial charge in [-0.25, -0.2) is 0 Å².